The van der Waals surface area contributed by atoms with E-state index in [2.05, 4.69) is 20.9 Å². The van der Waals surface area contributed by atoms with Gasteiger partial charge in [0.15, 0.2) is 5.43 Å². The third-order valence-electron chi connectivity index (χ3n) is 5.29. The number of nitrogens with zero attached hydrogens (tertiary/aromatic N) is 3. The van der Waals surface area contributed by atoms with Crippen LogP contribution in [0.3, 0.4) is 0 Å². The van der Waals surface area contributed by atoms with Gasteiger partial charge in [0.2, 0.25) is 0 Å². The van der Waals surface area contributed by atoms with Gasteiger partial charge in [-0.1, -0.05) is 18.2 Å². The fraction of sp³-hybridized carbons (Fsp3) is 0.240. The van der Waals surface area contributed by atoms with Crippen LogP contribution in [0.5, 0.6) is 0 Å². The highest BCUT2D eigenvalue weighted by Gasteiger charge is 2.15. The van der Waals surface area contributed by atoms with Crippen molar-refractivity contribution in [2.75, 3.05) is 6.54 Å². The Balaban J connectivity index is 1.56. The lowest BCUT2D eigenvalue weighted by Gasteiger charge is -2.23. The summed E-state index contributed by atoms with van der Waals surface area (Å²) in [7, 11) is 0. The maximum atomic E-state index is 13.1. The van der Waals surface area contributed by atoms with Crippen molar-refractivity contribution in [1.29, 1.82) is 0 Å². The average Bonchev–Trinajstić information content (AvgIpc) is 2.78. The van der Waals surface area contributed by atoms with Crippen LogP contribution < -0.4 is 5.43 Å². The first kappa shape index (κ1) is 20.0. The number of fused-ring (bicyclic) bond motifs is 1. The van der Waals surface area contributed by atoms with Gasteiger partial charge in [-0.05, 0) is 67.8 Å². The highest BCUT2D eigenvalue weighted by atomic mass is 16.3. The molecule has 0 fully saturated rings. The molecule has 0 radical (unpaired) electrons. The normalized spacial score (nSPS) is 11.3. The number of hydrogen-bond acceptors (Lipinski definition) is 5. The number of hydrogen-bond donors (Lipinski definition) is 0. The maximum absolute atomic E-state index is 13.1. The Kier molecular flexibility index (Phi) is 6.30. The van der Waals surface area contributed by atoms with Gasteiger partial charge in [-0.2, -0.15) is 0 Å². The molecule has 0 saturated heterocycles. The summed E-state index contributed by atoms with van der Waals surface area (Å²) in [5.74, 6) is 0.686. The molecule has 0 unspecified atom stereocenters. The van der Waals surface area contributed by atoms with Gasteiger partial charge in [-0.3, -0.25) is 19.7 Å². The van der Waals surface area contributed by atoms with Gasteiger partial charge in [-0.15, -0.1) is 0 Å². The van der Waals surface area contributed by atoms with Crippen molar-refractivity contribution < 1.29 is 4.42 Å². The Morgan fingerprint density at radius 3 is 2.53 bits per heavy atom. The second kappa shape index (κ2) is 9.46. The van der Waals surface area contributed by atoms with Gasteiger partial charge < -0.3 is 4.42 Å². The molecule has 3 aromatic heterocycles. The molecular weight excluding hydrogens is 374 g/mol. The molecule has 0 bridgehead atoms. The number of benzene rings is 1. The third kappa shape index (κ3) is 4.81. The molecule has 0 saturated carbocycles. The highest BCUT2D eigenvalue weighted by Crippen LogP contribution is 2.17. The molecule has 0 aliphatic carbocycles. The number of aromatic nitrogens is 2. The monoisotopic (exact) mass is 399 g/mol. The summed E-state index contributed by atoms with van der Waals surface area (Å²) < 4.78 is 5.95. The van der Waals surface area contributed by atoms with E-state index in [9.17, 15) is 4.79 Å². The summed E-state index contributed by atoms with van der Waals surface area (Å²) in [6.07, 6.45) is 9.24. The van der Waals surface area contributed by atoms with Crippen molar-refractivity contribution in [2.45, 2.75) is 32.9 Å². The van der Waals surface area contributed by atoms with Crippen molar-refractivity contribution in [3.8, 4) is 0 Å². The lowest BCUT2D eigenvalue weighted by Crippen LogP contribution is -2.28. The minimum atomic E-state index is 0.0568. The lowest BCUT2D eigenvalue weighted by atomic mass is 10.1. The van der Waals surface area contributed by atoms with Gasteiger partial charge in [0, 0.05) is 37.9 Å². The van der Waals surface area contributed by atoms with Crippen LogP contribution in [0.15, 0.2) is 82.5 Å². The fourth-order valence-electron chi connectivity index (χ4n) is 3.71. The number of aryl methyl sites for hydroxylation is 2. The minimum Gasteiger partial charge on any atom is -0.461 e. The molecule has 5 heteroatoms. The molecule has 3 heterocycles. The largest absolute Gasteiger partial charge is 0.461 e. The van der Waals surface area contributed by atoms with Crippen molar-refractivity contribution >= 4 is 11.0 Å². The highest BCUT2D eigenvalue weighted by molar-refractivity contribution is 5.77. The van der Waals surface area contributed by atoms with Gasteiger partial charge in [0.1, 0.15) is 11.3 Å². The van der Waals surface area contributed by atoms with Crippen LogP contribution in [0.1, 0.15) is 28.9 Å². The Morgan fingerprint density at radius 1 is 0.900 bits per heavy atom. The molecule has 5 nitrogen and oxygen atoms in total. The molecule has 0 amide bonds. The quantitative estimate of drug-likeness (QED) is 0.436. The smallest absolute Gasteiger partial charge is 0.197 e. The van der Waals surface area contributed by atoms with Crippen LogP contribution in [0.25, 0.3) is 11.0 Å². The van der Waals surface area contributed by atoms with E-state index >= 15 is 0 Å². The molecule has 4 rings (SSSR count). The van der Waals surface area contributed by atoms with E-state index in [1.165, 1.54) is 11.1 Å². The lowest BCUT2D eigenvalue weighted by molar-refractivity contribution is 0.250. The summed E-state index contributed by atoms with van der Waals surface area (Å²) >= 11 is 0. The third-order valence-corrected chi connectivity index (χ3v) is 5.29. The second-order valence-electron chi connectivity index (χ2n) is 7.49. The van der Waals surface area contributed by atoms with Crippen LogP contribution in [-0.2, 0) is 19.5 Å². The van der Waals surface area contributed by atoms with E-state index in [-0.39, 0.29) is 5.43 Å². The predicted octanol–water partition coefficient (Wildman–Crippen LogP) is 4.53. The van der Waals surface area contributed by atoms with Crippen LogP contribution in [0.4, 0.5) is 0 Å². The molecule has 4 aromatic rings. The van der Waals surface area contributed by atoms with E-state index in [0.717, 1.165) is 31.5 Å². The topological polar surface area (TPSA) is 59.2 Å². The van der Waals surface area contributed by atoms with Gasteiger partial charge in [0.05, 0.1) is 10.9 Å². The van der Waals surface area contributed by atoms with Crippen molar-refractivity contribution in [1.82, 2.24) is 14.9 Å². The molecule has 152 valence electrons. The first-order chi connectivity index (χ1) is 14.7. The van der Waals surface area contributed by atoms with Gasteiger partial charge in [0.25, 0.3) is 0 Å². The van der Waals surface area contributed by atoms with E-state index in [1.807, 2.05) is 55.6 Å². The Morgan fingerprint density at radius 2 is 1.73 bits per heavy atom. The summed E-state index contributed by atoms with van der Waals surface area (Å²) in [5.41, 5.74) is 3.82. The predicted molar refractivity (Wildman–Crippen MR) is 118 cm³/mol. The SMILES string of the molecule is Cc1oc2ccccc2c(=O)c1CN(CCCc1cccnc1)Cc1ccncc1. The van der Waals surface area contributed by atoms with Gasteiger partial charge in [-0.25, -0.2) is 0 Å². The molecule has 0 N–H and O–H groups in total. The van der Waals surface area contributed by atoms with E-state index in [1.54, 1.807) is 18.6 Å². The van der Waals surface area contributed by atoms with Crippen LogP contribution in [0.2, 0.25) is 0 Å². The Hall–Kier alpha value is -3.31. The molecule has 30 heavy (non-hydrogen) atoms. The molecule has 0 atom stereocenters. The molecular formula is C25H25N3O2. The standard InChI is InChI=1S/C25H25N3O2/c1-19-23(25(29)22-8-2-3-9-24(22)30-19)18-28(17-21-10-13-26-14-11-21)15-5-7-20-6-4-12-27-16-20/h2-4,6,8-14,16H,5,7,15,17-18H2,1H3. The van der Waals surface area contributed by atoms with Crippen molar-refractivity contribution in [3.05, 3.63) is 106 Å². The first-order valence-electron chi connectivity index (χ1n) is 10.2. The number of rotatable bonds is 8. The second-order valence-corrected chi connectivity index (χ2v) is 7.49. The molecule has 1 aromatic carbocycles. The summed E-state index contributed by atoms with van der Waals surface area (Å²) in [6.45, 7) is 4.04. The Bertz CT molecular complexity index is 1160. The van der Waals surface area contributed by atoms with Crippen molar-refractivity contribution in [2.24, 2.45) is 0 Å². The van der Waals surface area contributed by atoms with E-state index in [0.29, 0.717) is 23.3 Å². The zero-order valence-corrected chi connectivity index (χ0v) is 17.1. The maximum Gasteiger partial charge on any atom is 0.197 e. The zero-order chi connectivity index (χ0) is 20.8. The molecule has 0 spiro atoms. The van der Waals surface area contributed by atoms with Crippen LogP contribution >= 0.6 is 0 Å². The summed E-state index contributed by atoms with van der Waals surface area (Å²) in [4.78, 5) is 23.7. The van der Waals surface area contributed by atoms with Gasteiger partial charge >= 0.3 is 0 Å². The first-order valence-corrected chi connectivity index (χ1v) is 10.2. The van der Waals surface area contributed by atoms with Crippen LogP contribution in [-0.4, -0.2) is 21.4 Å². The molecule has 0 aliphatic rings. The summed E-state index contributed by atoms with van der Waals surface area (Å²) in [5, 5.41) is 0.636. The van der Waals surface area contributed by atoms with Crippen LogP contribution in [0, 0.1) is 6.92 Å². The van der Waals surface area contributed by atoms with E-state index in [4.69, 9.17) is 4.42 Å². The van der Waals surface area contributed by atoms with E-state index < -0.39 is 0 Å². The molecule has 0 aliphatic heterocycles. The van der Waals surface area contributed by atoms with Crippen molar-refractivity contribution in [3.63, 3.8) is 0 Å². The number of pyridine rings is 2. The Labute approximate surface area is 176 Å². The fourth-order valence-corrected chi connectivity index (χ4v) is 3.71. The minimum absolute atomic E-state index is 0.0568. The average molecular weight is 399 g/mol. The summed E-state index contributed by atoms with van der Waals surface area (Å²) in [6, 6.07) is 15.5. The zero-order valence-electron chi connectivity index (χ0n) is 17.1. The number of para-hydroxylation sites is 1.